The second-order valence-electron chi connectivity index (χ2n) is 7.19. The molecule has 6 N–H and O–H groups in total. The molecular formula is C20H25F2N7OS. The maximum absolute atomic E-state index is 14.1. The summed E-state index contributed by atoms with van der Waals surface area (Å²) in [4.78, 5) is 19.0. The van der Waals surface area contributed by atoms with Crippen molar-refractivity contribution in [2.75, 3.05) is 39.0 Å². The van der Waals surface area contributed by atoms with E-state index < -0.39 is 17.5 Å². The number of nitrogen functional groups attached to an aromatic ring is 1. The van der Waals surface area contributed by atoms with Crippen LogP contribution in [0.25, 0.3) is 10.6 Å². The Labute approximate surface area is 183 Å². The number of carbonyl (C=O) groups excluding carboxylic acids is 1. The number of hydrogen-bond donors (Lipinski definition) is 5. The van der Waals surface area contributed by atoms with Crippen molar-refractivity contribution >= 4 is 28.5 Å². The van der Waals surface area contributed by atoms with Crippen LogP contribution in [0.5, 0.6) is 0 Å². The van der Waals surface area contributed by atoms with Gasteiger partial charge in [0.1, 0.15) is 27.5 Å². The molecule has 31 heavy (non-hydrogen) atoms. The highest BCUT2D eigenvalue weighted by molar-refractivity contribution is 7.19. The first kappa shape index (κ1) is 22.6. The summed E-state index contributed by atoms with van der Waals surface area (Å²) >= 11 is 0.822. The lowest BCUT2D eigenvalue weighted by Gasteiger charge is -2.28. The molecule has 0 unspecified atom stereocenters. The van der Waals surface area contributed by atoms with Gasteiger partial charge in [-0.1, -0.05) is 24.3 Å². The van der Waals surface area contributed by atoms with Gasteiger partial charge in [0.05, 0.1) is 11.3 Å². The molecule has 1 aromatic carbocycles. The molecule has 0 bridgehead atoms. The highest BCUT2D eigenvalue weighted by Crippen LogP contribution is 2.33. The van der Waals surface area contributed by atoms with Crippen molar-refractivity contribution in [3.63, 3.8) is 0 Å². The first-order chi connectivity index (χ1) is 14.8. The van der Waals surface area contributed by atoms with Crippen molar-refractivity contribution < 1.29 is 13.6 Å². The fourth-order valence-corrected chi connectivity index (χ4v) is 4.29. The van der Waals surface area contributed by atoms with Gasteiger partial charge >= 0.3 is 0 Å². The number of benzene rings is 1. The highest BCUT2D eigenvalue weighted by Gasteiger charge is 2.24. The molecule has 0 saturated carbocycles. The van der Waals surface area contributed by atoms with Crippen molar-refractivity contribution in [1.29, 1.82) is 5.41 Å². The number of thiazole rings is 1. The van der Waals surface area contributed by atoms with Gasteiger partial charge in [0.2, 0.25) is 0 Å². The topological polar surface area (TPSA) is 119 Å². The van der Waals surface area contributed by atoms with Crippen molar-refractivity contribution in [2.45, 2.75) is 6.92 Å². The molecule has 0 aliphatic carbocycles. The lowest BCUT2D eigenvalue weighted by molar-refractivity contribution is 0.0963. The number of nitrogens with zero attached hydrogens (tertiary/aromatic N) is 2. The lowest BCUT2D eigenvalue weighted by atomic mass is 10.2. The van der Waals surface area contributed by atoms with Gasteiger partial charge in [-0.3, -0.25) is 4.79 Å². The molecule has 1 aliphatic rings. The van der Waals surface area contributed by atoms with Crippen LogP contribution < -0.4 is 21.7 Å². The summed E-state index contributed by atoms with van der Waals surface area (Å²) in [6.45, 7) is 5.20. The summed E-state index contributed by atoms with van der Waals surface area (Å²) in [5, 5.41) is 16.8. The van der Waals surface area contributed by atoms with E-state index in [4.69, 9.17) is 11.1 Å². The zero-order chi connectivity index (χ0) is 22.5. The van der Waals surface area contributed by atoms with E-state index in [2.05, 4.69) is 32.8 Å². The summed E-state index contributed by atoms with van der Waals surface area (Å²) in [6, 6.07) is 3.47. The smallest absolute Gasteiger partial charge is 0.277 e. The summed E-state index contributed by atoms with van der Waals surface area (Å²) in [6.07, 6.45) is 1.03. The number of hydrogen-bond acceptors (Lipinski definition) is 8. The summed E-state index contributed by atoms with van der Waals surface area (Å²) < 4.78 is 28.2. The number of allylic oxidation sites excluding steroid dienone is 1. The van der Waals surface area contributed by atoms with Crippen LogP contribution in [0.15, 0.2) is 29.7 Å². The van der Waals surface area contributed by atoms with E-state index in [1.54, 1.807) is 7.05 Å². The van der Waals surface area contributed by atoms with Crippen molar-refractivity contribution in [1.82, 2.24) is 25.8 Å². The normalized spacial score (nSPS) is 17.5. The van der Waals surface area contributed by atoms with Gasteiger partial charge in [0.25, 0.3) is 5.91 Å². The number of carbonyl (C=O) groups is 1. The molecule has 11 heteroatoms. The third-order valence-corrected chi connectivity index (χ3v) is 5.73. The van der Waals surface area contributed by atoms with Crippen LogP contribution >= 0.6 is 11.3 Å². The molecule has 1 fully saturated rings. The van der Waals surface area contributed by atoms with Crippen LogP contribution in [0.1, 0.15) is 17.4 Å². The third kappa shape index (κ3) is 5.00. The number of halogens is 2. The highest BCUT2D eigenvalue weighted by atomic mass is 32.1. The minimum absolute atomic E-state index is 0.0260. The Morgan fingerprint density at radius 3 is 2.77 bits per heavy atom. The predicted molar refractivity (Wildman–Crippen MR) is 118 cm³/mol. The first-order valence-electron chi connectivity index (χ1n) is 9.75. The van der Waals surface area contributed by atoms with E-state index in [1.165, 1.54) is 6.07 Å². The van der Waals surface area contributed by atoms with Gasteiger partial charge in [-0.2, -0.15) is 0 Å². The Morgan fingerprint density at radius 1 is 1.42 bits per heavy atom. The van der Waals surface area contributed by atoms with E-state index in [0.29, 0.717) is 18.3 Å². The van der Waals surface area contributed by atoms with E-state index in [9.17, 15) is 13.6 Å². The molecule has 0 radical (unpaired) electrons. The second kappa shape index (κ2) is 9.84. The minimum Gasteiger partial charge on any atom is -0.389 e. The minimum atomic E-state index is -0.790. The summed E-state index contributed by atoms with van der Waals surface area (Å²) in [7, 11) is 1.71. The van der Waals surface area contributed by atoms with Gasteiger partial charge < -0.3 is 32.0 Å². The van der Waals surface area contributed by atoms with Crippen LogP contribution in [-0.2, 0) is 0 Å². The fraction of sp³-hybridized carbons (Fsp3) is 0.350. The molecule has 0 spiro atoms. The molecule has 1 saturated heterocycles. The molecule has 1 aromatic heterocycles. The van der Waals surface area contributed by atoms with Gasteiger partial charge in [-0.05, 0) is 24.6 Å². The van der Waals surface area contributed by atoms with Crippen molar-refractivity contribution in [2.24, 2.45) is 5.92 Å². The van der Waals surface area contributed by atoms with Crippen LogP contribution in [0.4, 0.5) is 13.8 Å². The Kier molecular flexibility index (Phi) is 7.18. The molecule has 1 atom stereocenters. The van der Waals surface area contributed by atoms with Gasteiger partial charge in [-0.25, -0.2) is 13.8 Å². The number of anilines is 1. The van der Waals surface area contributed by atoms with Gasteiger partial charge in [0, 0.05) is 32.9 Å². The zero-order valence-corrected chi connectivity index (χ0v) is 18.1. The third-order valence-electron chi connectivity index (χ3n) is 4.83. The number of nitrogens with one attached hydrogen (secondary N) is 4. The Morgan fingerprint density at radius 2 is 2.13 bits per heavy atom. The quantitative estimate of drug-likeness (QED) is 0.430. The van der Waals surface area contributed by atoms with Crippen LogP contribution in [0.2, 0.25) is 0 Å². The largest absolute Gasteiger partial charge is 0.389 e. The fourth-order valence-electron chi connectivity index (χ4n) is 3.41. The van der Waals surface area contributed by atoms with E-state index in [0.717, 1.165) is 49.3 Å². The number of rotatable bonds is 6. The Hall–Kier alpha value is -3.05. The molecule has 2 heterocycles. The number of nitrogens with two attached hydrogens (primary N) is 1. The first-order valence-corrected chi connectivity index (χ1v) is 10.6. The average Bonchev–Trinajstić information content (AvgIpc) is 2.97. The second-order valence-corrected chi connectivity index (χ2v) is 8.23. The van der Waals surface area contributed by atoms with E-state index in [-0.39, 0.29) is 27.0 Å². The van der Waals surface area contributed by atoms with Crippen molar-refractivity contribution in [3.05, 3.63) is 47.0 Å². The van der Waals surface area contributed by atoms with Gasteiger partial charge in [0.15, 0.2) is 5.69 Å². The average molecular weight is 450 g/mol. The van der Waals surface area contributed by atoms with E-state index in [1.807, 2.05) is 0 Å². The standard InChI is InChI=1S/C20H25F2N7OS/c1-11-9-26-6-7-29(10-11)18(25-2)14(8-23)27-19(30)16-17(24)31-20(28-16)15-12(21)4-3-5-13(15)22/h3-5,8,11,23,25-26H,6-7,9-10,24H2,1-2H3,(H,27,30)/b18-14-,23-8?/t11-/m0/s1. The number of amides is 1. The molecular weight excluding hydrogens is 424 g/mol. The van der Waals surface area contributed by atoms with Crippen LogP contribution in [0, 0.1) is 23.0 Å². The lowest BCUT2D eigenvalue weighted by Crippen LogP contribution is -2.39. The predicted octanol–water partition coefficient (Wildman–Crippen LogP) is 1.98. The van der Waals surface area contributed by atoms with Crippen molar-refractivity contribution in [3.8, 4) is 10.6 Å². The summed E-state index contributed by atoms with van der Waals surface area (Å²) in [5.41, 5.74) is 5.69. The molecule has 8 nitrogen and oxygen atoms in total. The molecule has 1 amide bonds. The zero-order valence-electron chi connectivity index (χ0n) is 17.3. The van der Waals surface area contributed by atoms with E-state index >= 15 is 0 Å². The molecule has 166 valence electrons. The molecule has 3 rings (SSSR count). The SMILES string of the molecule is CN/C(=C(\C=N)NC(=O)c1nc(-c2c(F)cccc2F)sc1N)N1CCNC[C@H](C)C1. The number of aromatic nitrogens is 1. The van der Waals surface area contributed by atoms with Crippen LogP contribution in [0.3, 0.4) is 0 Å². The maximum atomic E-state index is 14.1. The Balaban J connectivity index is 1.89. The van der Waals surface area contributed by atoms with Gasteiger partial charge in [-0.15, -0.1) is 0 Å². The summed E-state index contributed by atoms with van der Waals surface area (Å²) in [5.74, 6) is -1.28. The molecule has 1 aliphatic heterocycles. The maximum Gasteiger partial charge on any atom is 0.277 e. The molecule has 2 aromatic rings. The Bertz CT molecular complexity index is 987. The van der Waals surface area contributed by atoms with Crippen LogP contribution in [-0.4, -0.2) is 55.2 Å². The monoisotopic (exact) mass is 449 g/mol.